The van der Waals surface area contributed by atoms with Crippen molar-refractivity contribution in [2.75, 3.05) is 19.8 Å². The maximum absolute atomic E-state index is 5.38. The van der Waals surface area contributed by atoms with Gasteiger partial charge in [0.1, 0.15) is 0 Å². The number of ether oxygens (including phenoxy) is 1. The molecule has 0 saturated carbocycles. The fourth-order valence-corrected chi connectivity index (χ4v) is 2.26. The van der Waals surface area contributed by atoms with Crippen LogP contribution in [-0.2, 0) is 4.74 Å². The molecule has 1 aliphatic heterocycles. The lowest BCUT2D eigenvalue weighted by atomic mass is 9.93. The van der Waals surface area contributed by atoms with Crippen molar-refractivity contribution in [3.8, 4) is 0 Å². The predicted octanol–water partition coefficient (Wildman–Crippen LogP) is 2.97. The molecule has 15 heavy (non-hydrogen) atoms. The summed E-state index contributed by atoms with van der Waals surface area (Å²) in [6.07, 6.45) is 7.90. The highest BCUT2D eigenvalue weighted by atomic mass is 16.5. The average molecular weight is 213 g/mol. The maximum Gasteiger partial charge on any atom is 0.0469 e. The first-order chi connectivity index (χ1) is 7.34. The van der Waals surface area contributed by atoms with Crippen LogP contribution in [-0.4, -0.2) is 25.8 Å². The topological polar surface area (TPSA) is 21.3 Å². The zero-order valence-corrected chi connectivity index (χ0v) is 10.4. The summed E-state index contributed by atoms with van der Waals surface area (Å²) >= 11 is 0. The molecule has 0 aromatic heterocycles. The van der Waals surface area contributed by atoms with Gasteiger partial charge in [-0.05, 0) is 38.6 Å². The van der Waals surface area contributed by atoms with Crippen molar-refractivity contribution in [1.82, 2.24) is 5.32 Å². The summed E-state index contributed by atoms with van der Waals surface area (Å²) in [7, 11) is 0. The van der Waals surface area contributed by atoms with E-state index in [1.807, 2.05) is 0 Å². The normalized spacial score (nSPS) is 20.4. The van der Waals surface area contributed by atoms with Gasteiger partial charge in [0.15, 0.2) is 0 Å². The molecule has 2 heteroatoms. The molecule has 1 rings (SSSR count). The number of hydrogen-bond donors (Lipinski definition) is 1. The molecule has 90 valence electrons. The van der Waals surface area contributed by atoms with E-state index in [2.05, 4.69) is 19.2 Å². The summed E-state index contributed by atoms with van der Waals surface area (Å²) in [4.78, 5) is 0. The summed E-state index contributed by atoms with van der Waals surface area (Å²) in [5.74, 6) is 0.838. The summed E-state index contributed by atoms with van der Waals surface area (Å²) < 4.78 is 5.38. The van der Waals surface area contributed by atoms with Gasteiger partial charge >= 0.3 is 0 Å². The molecule has 1 unspecified atom stereocenters. The van der Waals surface area contributed by atoms with Gasteiger partial charge in [0.25, 0.3) is 0 Å². The minimum atomic E-state index is 0.676. The molecule has 1 saturated heterocycles. The van der Waals surface area contributed by atoms with Crippen LogP contribution in [0.1, 0.15) is 52.4 Å². The Morgan fingerprint density at radius 1 is 1.20 bits per heavy atom. The summed E-state index contributed by atoms with van der Waals surface area (Å²) in [5.41, 5.74) is 0. The second kappa shape index (κ2) is 8.12. The van der Waals surface area contributed by atoms with Gasteiger partial charge < -0.3 is 10.1 Å². The van der Waals surface area contributed by atoms with Crippen molar-refractivity contribution in [2.45, 2.75) is 58.4 Å². The van der Waals surface area contributed by atoms with Gasteiger partial charge in [0.2, 0.25) is 0 Å². The summed E-state index contributed by atoms with van der Waals surface area (Å²) in [5, 5.41) is 3.66. The third-order valence-electron chi connectivity index (χ3n) is 3.47. The van der Waals surface area contributed by atoms with E-state index in [9.17, 15) is 0 Å². The number of nitrogens with one attached hydrogen (secondary N) is 1. The van der Waals surface area contributed by atoms with Gasteiger partial charge in [0.05, 0.1) is 0 Å². The highest BCUT2D eigenvalue weighted by molar-refractivity contribution is 4.74. The van der Waals surface area contributed by atoms with E-state index < -0.39 is 0 Å². The van der Waals surface area contributed by atoms with Crippen LogP contribution in [0.3, 0.4) is 0 Å². The van der Waals surface area contributed by atoms with Crippen molar-refractivity contribution in [2.24, 2.45) is 5.92 Å². The Labute approximate surface area is 94.8 Å². The quantitative estimate of drug-likeness (QED) is 0.656. The highest BCUT2D eigenvalue weighted by Gasteiger charge is 2.19. The molecule has 1 N–H and O–H groups in total. The molecular formula is C13H27NO. The Balaban J connectivity index is 1.99. The van der Waals surface area contributed by atoms with Crippen LogP contribution in [0.4, 0.5) is 0 Å². The van der Waals surface area contributed by atoms with Gasteiger partial charge in [-0.2, -0.15) is 0 Å². The SMILES string of the molecule is CCCCCCNC(C)C1CCOCC1. The smallest absolute Gasteiger partial charge is 0.0469 e. The molecule has 0 aromatic carbocycles. The second-order valence-electron chi connectivity index (χ2n) is 4.75. The van der Waals surface area contributed by atoms with Crippen LogP contribution in [0.5, 0.6) is 0 Å². The van der Waals surface area contributed by atoms with Crippen LogP contribution in [0, 0.1) is 5.92 Å². The van der Waals surface area contributed by atoms with E-state index in [1.165, 1.54) is 45.1 Å². The Morgan fingerprint density at radius 3 is 2.60 bits per heavy atom. The fraction of sp³-hybridized carbons (Fsp3) is 1.00. The van der Waals surface area contributed by atoms with Crippen molar-refractivity contribution in [3.05, 3.63) is 0 Å². The van der Waals surface area contributed by atoms with Crippen LogP contribution in [0.15, 0.2) is 0 Å². The standard InChI is InChI=1S/C13H27NO/c1-3-4-5-6-9-14-12(2)13-7-10-15-11-8-13/h12-14H,3-11H2,1-2H3. The van der Waals surface area contributed by atoms with Crippen molar-refractivity contribution >= 4 is 0 Å². The Kier molecular flexibility index (Phi) is 7.03. The first-order valence-corrected chi connectivity index (χ1v) is 6.65. The molecular weight excluding hydrogens is 186 g/mol. The lowest BCUT2D eigenvalue weighted by Crippen LogP contribution is -2.37. The van der Waals surface area contributed by atoms with Crippen molar-refractivity contribution in [3.63, 3.8) is 0 Å². The van der Waals surface area contributed by atoms with Gasteiger partial charge in [-0.25, -0.2) is 0 Å². The van der Waals surface area contributed by atoms with E-state index >= 15 is 0 Å². The number of rotatable bonds is 7. The fourth-order valence-electron chi connectivity index (χ4n) is 2.26. The molecule has 1 heterocycles. The van der Waals surface area contributed by atoms with E-state index in [0.717, 1.165) is 19.1 Å². The van der Waals surface area contributed by atoms with Crippen molar-refractivity contribution < 1.29 is 4.74 Å². The Morgan fingerprint density at radius 2 is 1.93 bits per heavy atom. The van der Waals surface area contributed by atoms with E-state index in [0.29, 0.717) is 6.04 Å². The molecule has 1 fully saturated rings. The molecule has 0 bridgehead atoms. The van der Waals surface area contributed by atoms with E-state index in [-0.39, 0.29) is 0 Å². The van der Waals surface area contributed by atoms with Crippen LogP contribution < -0.4 is 5.32 Å². The van der Waals surface area contributed by atoms with Crippen LogP contribution in [0.25, 0.3) is 0 Å². The largest absolute Gasteiger partial charge is 0.381 e. The minimum absolute atomic E-state index is 0.676. The molecule has 0 aromatic rings. The Hall–Kier alpha value is -0.0800. The maximum atomic E-state index is 5.38. The third-order valence-corrected chi connectivity index (χ3v) is 3.47. The molecule has 0 amide bonds. The van der Waals surface area contributed by atoms with Gasteiger partial charge in [-0.1, -0.05) is 26.2 Å². The Bertz CT molecular complexity index is 143. The molecule has 1 atom stereocenters. The predicted molar refractivity (Wildman–Crippen MR) is 65.1 cm³/mol. The van der Waals surface area contributed by atoms with Gasteiger partial charge in [-0.3, -0.25) is 0 Å². The van der Waals surface area contributed by atoms with E-state index in [4.69, 9.17) is 4.74 Å². The molecule has 2 nitrogen and oxygen atoms in total. The lowest BCUT2D eigenvalue weighted by Gasteiger charge is -2.28. The second-order valence-corrected chi connectivity index (χ2v) is 4.75. The molecule has 0 aliphatic carbocycles. The summed E-state index contributed by atoms with van der Waals surface area (Å²) in [6.45, 7) is 7.71. The minimum Gasteiger partial charge on any atom is -0.381 e. The van der Waals surface area contributed by atoms with E-state index in [1.54, 1.807) is 0 Å². The highest BCUT2D eigenvalue weighted by Crippen LogP contribution is 2.18. The van der Waals surface area contributed by atoms with Gasteiger partial charge in [0, 0.05) is 19.3 Å². The third kappa shape index (κ3) is 5.53. The summed E-state index contributed by atoms with van der Waals surface area (Å²) in [6, 6.07) is 0.676. The van der Waals surface area contributed by atoms with Crippen molar-refractivity contribution in [1.29, 1.82) is 0 Å². The molecule has 0 radical (unpaired) electrons. The molecule has 0 spiro atoms. The first kappa shape index (κ1) is 13.0. The van der Waals surface area contributed by atoms with Crippen LogP contribution >= 0.6 is 0 Å². The molecule has 1 aliphatic rings. The lowest BCUT2D eigenvalue weighted by molar-refractivity contribution is 0.0560. The van der Waals surface area contributed by atoms with Crippen LogP contribution in [0.2, 0.25) is 0 Å². The zero-order chi connectivity index (χ0) is 10.9. The number of hydrogen-bond acceptors (Lipinski definition) is 2. The van der Waals surface area contributed by atoms with Gasteiger partial charge in [-0.15, -0.1) is 0 Å². The zero-order valence-electron chi connectivity index (χ0n) is 10.4. The number of unbranched alkanes of at least 4 members (excludes halogenated alkanes) is 3. The monoisotopic (exact) mass is 213 g/mol. The average Bonchev–Trinajstić information content (AvgIpc) is 2.30. The first-order valence-electron chi connectivity index (χ1n) is 6.65.